The molecule has 1 saturated heterocycles. The fourth-order valence-electron chi connectivity index (χ4n) is 2.78. The van der Waals surface area contributed by atoms with Crippen molar-refractivity contribution < 1.29 is 9.59 Å². The van der Waals surface area contributed by atoms with Crippen LogP contribution < -0.4 is 0 Å². The van der Waals surface area contributed by atoms with E-state index in [1.54, 1.807) is 4.90 Å². The molecule has 5 heteroatoms. The molecule has 120 valence electrons. The standard InChI is InChI=1S/C17H23BrN2O2/c1-4-19-11-14(9-16(19)21)17(22)20(12(2)3)10-13-5-7-15(18)8-6-13/h5-8,12,14H,4,9-11H2,1-3H3. The van der Waals surface area contributed by atoms with E-state index in [4.69, 9.17) is 0 Å². The Morgan fingerprint density at radius 1 is 1.36 bits per heavy atom. The van der Waals surface area contributed by atoms with Gasteiger partial charge in [0.1, 0.15) is 0 Å². The minimum absolute atomic E-state index is 0.0854. The molecule has 4 nitrogen and oxygen atoms in total. The van der Waals surface area contributed by atoms with Crippen molar-refractivity contribution in [1.29, 1.82) is 0 Å². The van der Waals surface area contributed by atoms with Crippen LogP contribution in [0.3, 0.4) is 0 Å². The number of amides is 2. The van der Waals surface area contributed by atoms with E-state index >= 15 is 0 Å². The number of halogens is 1. The van der Waals surface area contributed by atoms with Gasteiger partial charge in [0.25, 0.3) is 0 Å². The molecular weight excluding hydrogens is 344 g/mol. The van der Waals surface area contributed by atoms with E-state index in [0.29, 0.717) is 26.1 Å². The summed E-state index contributed by atoms with van der Waals surface area (Å²) in [6.45, 7) is 7.80. The van der Waals surface area contributed by atoms with Gasteiger partial charge in [-0.05, 0) is 38.5 Å². The summed E-state index contributed by atoms with van der Waals surface area (Å²) in [5.41, 5.74) is 1.10. The zero-order valence-electron chi connectivity index (χ0n) is 13.4. The van der Waals surface area contributed by atoms with Crippen molar-refractivity contribution in [2.24, 2.45) is 5.92 Å². The van der Waals surface area contributed by atoms with Gasteiger partial charge in [-0.25, -0.2) is 0 Å². The van der Waals surface area contributed by atoms with Crippen molar-refractivity contribution in [2.75, 3.05) is 13.1 Å². The molecule has 2 rings (SSSR count). The molecule has 1 aromatic rings. The summed E-state index contributed by atoms with van der Waals surface area (Å²) in [5, 5.41) is 0. The highest BCUT2D eigenvalue weighted by Gasteiger charge is 2.36. The SMILES string of the molecule is CCN1CC(C(=O)N(Cc2ccc(Br)cc2)C(C)C)CC1=O. The summed E-state index contributed by atoms with van der Waals surface area (Å²) in [4.78, 5) is 28.3. The summed E-state index contributed by atoms with van der Waals surface area (Å²) in [6.07, 6.45) is 0.343. The number of carbonyl (C=O) groups excluding carboxylic acids is 2. The normalized spacial score (nSPS) is 18.1. The third-order valence-corrected chi connectivity index (χ3v) is 4.65. The van der Waals surface area contributed by atoms with Crippen molar-refractivity contribution in [2.45, 2.75) is 39.8 Å². The van der Waals surface area contributed by atoms with Gasteiger partial charge in [0.15, 0.2) is 0 Å². The summed E-state index contributed by atoms with van der Waals surface area (Å²) >= 11 is 3.42. The molecule has 0 radical (unpaired) electrons. The van der Waals surface area contributed by atoms with Crippen LogP contribution in [0.25, 0.3) is 0 Å². The minimum atomic E-state index is -0.203. The van der Waals surface area contributed by atoms with E-state index in [9.17, 15) is 9.59 Å². The smallest absolute Gasteiger partial charge is 0.228 e. The Kier molecular flexibility index (Phi) is 5.62. The molecule has 1 unspecified atom stereocenters. The third-order valence-electron chi connectivity index (χ3n) is 4.12. The van der Waals surface area contributed by atoms with Crippen molar-refractivity contribution in [3.63, 3.8) is 0 Å². The fraction of sp³-hybridized carbons (Fsp3) is 0.529. The predicted octanol–water partition coefficient (Wildman–Crippen LogP) is 3.05. The van der Waals surface area contributed by atoms with Crippen LogP contribution in [-0.2, 0) is 16.1 Å². The van der Waals surface area contributed by atoms with E-state index < -0.39 is 0 Å². The number of nitrogens with zero attached hydrogens (tertiary/aromatic N) is 2. The Hall–Kier alpha value is -1.36. The maximum Gasteiger partial charge on any atom is 0.228 e. The molecule has 0 bridgehead atoms. The molecule has 22 heavy (non-hydrogen) atoms. The number of hydrogen-bond donors (Lipinski definition) is 0. The highest BCUT2D eigenvalue weighted by Crippen LogP contribution is 2.22. The number of likely N-dealkylation sites (tertiary alicyclic amines) is 1. The molecule has 1 aromatic carbocycles. The van der Waals surface area contributed by atoms with Crippen LogP contribution in [0.5, 0.6) is 0 Å². The lowest BCUT2D eigenvalue weighted by molar-refractivity contribution is -0.138. The quantitative estimate of drug-likeness (QED) is 0.803. The molecule has 1 fully saturated rings. The first kappa shape index (κ1) is 17.0. The van der Waals surface area contributed by atoms with Gasteiger partial charge >= 0.3 is 0 Å². The summed E-state index contributed by atoms with van der Waals surface area (Å²) in [7, 11) is 0. The lowest BCUT2D eigenvalue weighted by atomic mass is 10.1. The first-order valence-electron chi connectivity index (χ1n) is 7.75. The fourth-order valence-corrected chi connectivity index (χ4v) is 3.04. The Bertz CT molecular complexity index is 542. The van der Waals surface area contributed by atoms with E-state index in [0.717, 1.165) is 10.0 Å². The summed E-state index contributed by atoms with van der Waals surface area (Å²) in [6, 6.07) is 8.12. The lowest BCUT2D eigenvalue weighted by Gasteiger charge is -2.29. The Balaban J connectivity index is 2.09. The molecule has 1 aliphatic heterocycles. The lowest BCUT2D eigenvalue weighted by Crippen LogP contribution is -2.41. The largest absolute Gasteiger partial charge is 0.342 e. The van der Waals surface area contributed by atoms with Crippen LogP contribution in [0, 0.1) is 5.92 Å². The second kappa shape index (κ2) is 7.27. The monoisotopic (exact) mass is 366 g/mol. The zero-order chi connectivity index (χ0) is 16.3. The summed E-state index contributed by atoms with van der Waals surface area (Å²) in [5.74, 6) is -0.0271. The molecule has 1 heterocycles. The van der Waals surface area contributed by atoms with Crippen molar-refractivity contribution in [1.82, 2.24) is 9.80 Å². The second-order valence-corrected chi connectivity index (χ2v) is 6.94. The van der Waals surface area contributed by atoms with E-state index in [-0.39, 0.29) is 23.8 Å². The number of rotatable bonds is 5. The number of benzene rings is 1. The first-order valence-corrected chi connectivity index (χ1v) is 8.54. The van der Waals surface area contributed by atoms with E-state index in [1.807, 2.05) is 49.9 Å². The van der Waals surface area contributed by atoms with Gasteiger partial charge in [-0.3, -0.25) is 9.59 Å². The van der Waals surface area contributed by atoms with E-state index in [2.05, 4.69) is 15.9 Å². The average molecular weight is 367 g/mol. The maximum atomic E-state index is 12.8. The minimum Gasteiger partial charge on any atom is -0.342 e. The van der Waals surface area contributed by atoms with Crippen LogP contribution in [0.1, 0.15) is 32.8 Å². The van der Waals surface area contributed by atoms with E-state index in [1.165, 1.54) is 0 Å². The Morgan fingerprint density at radius 3 is 2.50 bits per heavy atom. The Morgan fingerprint density at radius 2 is 2.00 bits per heavy atom. The predicted molar refractivity (Wildman–Crippen MR) is 90.2 cm³/mol. The topological polar surface area (TPSA) is 40.6 Å². The first-order chi connectivity index (χ1) is 10.4. The van der Waals surface area contributed by atoms with Crippen LogP contribution in [0.2, 0.25) is 0 Å². The number of hydrogen-bond acceptors (Lipinski definition) is 2. The molecule has 1 atom stereocenters. The molecular formula is C17H23BrN2O2. The Labute approximate surface area is 140 Å². The van der Waals surface area contributed by atoms with Crippen LogP contribution in [0.4, 0.5) is 0 Å². The van der Waals surface area contributed by atoms with Crippen LogP contribution in [-0.4, -0.2) is 40.7 Å². The van der Waals surface area contributed by atoms with Gasteiger partial charge in [-0.15, -0.1) is 0 Å². The molecule has 1 aliphatic rings. The highest BCUT2D eigenvalue weighted by molar-refractivity contribution is 9.10. The maximum absolute atomic E-state index is 12.8. The molecule has 0 aromatic heterocycles. The van der Waals surface area contributed by atoms with Crippen molar-refractivity contribution in [3.8, 4) is 0 Å². The number of carbonyl (C=O) groups is 2. The molecule has 0 N–H and O–H groups in total. The third kappa shape index (κ3) is 3.88. The van der Waals surface area contributed by atoms with Gasteiger partial charge < -0.3 is 9.80 Å². The summed E-state index contributed by atoms with van der Waals surface area (Å²) < 4.78 is 1.03. The van der Waals surface area contributed by atoms with Gasteiger partial charge in [0.05, 0.1) is 5.92 Å². The van der Waals surface area contributed by atoms with Crippen molar-refractivity contribution in [3.05, 3.63) is 34.3 Å². The van der Waals surface area contributed by atoms with Crippen molar-refractivity contribution >= 4 is 27.7 Å². The average Bonchev–Trinajstić information content (AvgIpc) is 2.86. The van der Waals surface area contributed by atoms with Crippen LogP contribution >= 0.6 is 15.9 Å². The molecule has 0 spiro atoms. The van der Waals surface area contributed by atoms with Gasteiger partial charge in [0, 0.05) is 36.6 Å². The molecule has 0 aliphatic carbocycles. The van der Waals surface area contributed by atoms with Gasteiger partial charge in [-0.1, -0.05) is 28.1 Å². The van der Waals surface area contributed by atoms with Gasteiger partial charge in [0.2, 0.25) is 11.8 Å². The van der Waals surface area contributed by atoms with Crippen LogP contribution in [0.15, 0.2) is 28.7 Å². The second-order valence-electron chi connectivity index (χ2n) is 6.02. The molecule has 0 saturated carbocycles. The molecule has 2 amide bonds. The highest BCUT2D eigenvalue weighted by atomic mass is 79.9. The van der Waals surface area contributed by atoms with Gasteiger partial charge in [-0.2, -0.15) is 0 Å². The zero-order valence-corrected chi connectivity index (χ0v) is 15.0.